The Kier molecular flexibility index (Phi) is 11.3. The SMILES string of the molecule is CC(C)(C)OC(=O)O/N=C(\C#N)c1ccccc1.CC(C)(C)OC(=O)O/N=C(\C#N)c1ccccc1. The molecule has 0 fully saturated rings. The van der Waals surface area contributed by atoms with Crippen LogP contribution in [0.25, 0.3) is 0 Å². The first-order chi connectivity index (χ1) is 16.8. The summed E-state index contributed by atoms with van der Waals surface area (Å²) in [6.07, 6.45) is -1.88. The fraction of sp³-hybridized carbons (Fsp3) is 0.308. The molecule has 0 aliphatic carbocycles. The van der Waals surface area contributed by atoms with Gasteiger partial charge < -0.3 is 9.47 Å². The highest BCUT2D eigenvalue weighted by atomic mass is 16.8. The van der Waals surface area contributed by atoms with Gasteiger partial charge in [0.25, 0.3) is 0 Å². The minimum atomic E-state index is -0.939. The molecule has 10 nitrogen and oxygen atoms in total. The van der Waals surface area contributed by atoms with E-state index in [0.717, 1.165) is 0 Å². The summed E-state index contributed by atoms with van der Waals surface area (Å²) in [5, 5.41) is 24.8. The molecule has 2 rings (SSSR count). The van der Waals surface area contributed by atoms with E-state index in [9.17, 15) is 9.59 Å². The lowest BCUT2D eigenvalue weighted by Crippen LogP contribution is -2.23. The topological polar surface area (TPSA) is 143 Å². The minimum Gasteiger partial charge on any atom is -0.427 e. The molecule has 0 spiro atoms. The number of benzene rings is 2. The highest BCUT2D eigenvalue weighted by molar-refractivity contribution is 6.11. The third kappa shape index (κ3) is 12.5. The standard InChI is InChI=1S/2C13H14N2O3/c2*1-13(2,3)17-12(16)18-15-11(9-14)10-7-5-4-6-8-10/h2*4-8H,1-3H3/b2*15-11+. The monoisotopic (exact) mass is 492 g/mol. The average Bonchev–Trinajstić information content (AvgIpc) is 2.79. The molecule has 2 aromatic rings. The number of nitrogens with zero attached hydrogens (tertiary/aromatic N) is 4. The molecule has 0 saturated heterocycles. The molecule has 0 radical (unpaired) electrons. The van der Waals surface area contributed by atoms with E-state index in [1.807, 2.05) is 24.3 Å². The van der Waals surface area contributed by atoms with Crippen LogP contribution in [0.4, 0.5) is 9.59 Å². The minimum absolute atomic E-state index is 0.0152. The molecule has 0 aliphatic rings. The predicted molar refractivity (Wildman–Crippen MR) is 132 cm³/mol. The Balaban J connectivity index is 0.000000360. The molecule has 0 saturated carbocycles. The molecule has 36 heavy (non-hydrogen) atoms. The third-order valence-electron chi connectivity index (χ3n) is 3.51. The lowest BCUT2D eigenvalue weighted by molar-refractivity contribution is -0.00728. The summed E-state index contributed by atoms with van der Waals surface area (Å²) >= 11 is 0. The summed E-state index contributed by atoms with van der Waals surface area (Å²) in [6, 6.07) is 21.2. The van der Waals surface area contributed by atoms with E-state index in [4.69, 9.17) is 20.0 Å². The van der Waals surface area contributed by atoms with Gasteiger partial charge in [0.1, 0.15) is 23.3 Å². The molecule has 0 bridgehead atoms. The predicted octanol–water partition coefficient (Wildman–Crippen LogP) is 5.73. The molecule has 0 amide bonds. The van der Waals surface area contributed by atoms with Crippen LogP contribution < -0.4 is 0 Å². The van der Waals surface area contributed by atoms with Crippen molar-refractivity contribution < 1.29 is 28.7 Å². The van der Waals surface area contributed by atoms with Crippen molar-refractivity contribution in [2.75, 3.05) is 0 Å². The summed E-state index contributed by atoms with van der Waals surface area (Å²) in [4.78, 5) is 31.6. The number of carbonyl (C=O) groups is 2. The lowest BCUT2D eigenvalue weighted by atomic mass is 10.1. The van der Waals surface area contributed by atoms with E-state index in [-0.39, 0.29) is 11.4 Å². The van der Waals surface area contributed by atoms with Crippen LogP contribution >= 0.6 is 0 Å². The zero-order valence-corrected chi connectivity index (χ0v) is 21.0. The van der Waals surface area contributed by atoms with Crippen molar-refractivity contribution >= 4 is 23.7 Å². The molecule has 0 unspecified atom stereocenters. The average molecular weight is 493 g/mol. The van der Waals surface area contributed by atoms with Gasteiger partial charge >= 0.3 is 12.3 Å². The summed E-state index contributed by atoms with van der Waals surface area (Å²) < 4.78 is 9.78. The molecule has 0 aliphatic heterocycles. The molecule has 10 heteroatoms. The number of rotatable bonds is 4. The largest absolute Gasteiger partial charge is 0.535 e. The van der Waals surface area contributed by atoms with Crippen LogP contribution in [0, 0.1) is 22.7 Å². The molecule has 0 N–H and O–H groups in total. The van der Waals surface area contributed by atoms with Gasteiger partial charge in [-0.25, -0.2) is 9.59 Å². The molecular formula is C26H28N4O6. The van der Waals surface area contributed by atoms with Crippen LogP contribution in [0.15, 0.2) is 71.0 Å². The number of nitriles is 2. The highest BCUT2D eigenvalue weighted by Gasteiger charge is 2.19. The summed E-state index contributed by atoms with van der Waals surface area (Å²) in [5.74, 6) is 0. The highest BCUT2D eigenvalue weighted by Crippen LogP contribution is 2.10. The van der Waals surface area contributed by atoms with Crippen LogP contribution in [-0.2, 0) is 19.1 Å². The second-order valence-corrected chi connectivity index (χ2v) is 8.95. The van der Waals surface area contributed by atoms with Gasteiger partial charge in [-0.3, -0.25) is 9.68 Å². The normalized spacial score (nSPS) is 11.6. The van der Waals surface area contributed by atoms with Crippen molar-refractivity contribution in [3.63, 3.8) is 0 Å². The molecule has 2 aromatic carbocycles. The van der Waals surface area contributed by atoms with Crippen LogP contribution in [0.1, 0.15) is 52.7 Å². The van der Waals surface area contributed by atoms with Crippen molar-refractivity contribution in [3.8, 4) is 12.1 Å². The maximum absolute atomic E-state index is 11.2. The number of oxime groups is 2. The molecule has 0 aromatic heterocycles. The van der Waals surface area contributed by atoms with Crippen molar-refractivity contribution in [1.29, 1.82) is 10.5 Å². The number of carbonyl (C=O) groups excluding carboxylic acids is 2. The Morgan fingerprint density at radius 2 is 0.944 bits per heavy atom. The molecular weight excluding hydrogens is 464 g/mol. The van der Waals surface area contributed by atoms with Crippen LogP contribution in [0.5, 0.6) is 0 Å². The summed E-state index contributed by atoms with van der Waals surface area (Å²) in [7, 11) is 0. The van der Waals surface area contributed by atoms with E-state index in [2.05, 4.69) is 20.0 Å². The lowest BCUT2D eigenvalue weighted by Gasteiger charge is -2.17. The Labute approximate surface area is 210 Å². The van der Waals surface area contributed by atoms with Crippen molar-refractivity contribution in [2.45, 2.75) is 52.7 Å². The van der Waals surface area contributed by atoms with Gasteiger partial charge in [-0.1, -0.05) is 71.0 Å². The Morgan fingerprint density at radius 3 is 1.19 bits per heavy atom. The Morgan fingerprint density at radius 1 is 0.639 bits per heavy atom. The second-order valence-electron chi connectivity index (χ2n) is 8.95. The van der Waals surface area contributed by atoms with Gasteiger partial charge in [0, 0.05) is 11.1 Å². The van der Waals surface area contributed by atoms with Crippen LogP contribution in [-0.4, -0.2) is 34.9 Å². The summed E-state index contributed by atoms with van der Waals surface area (Å²) in [5.41, 5.74) is -0.145. The quantitative estimate of drug-likeness (QED) is 0.228. The smallest absolute Gasteiger partial charge is 0.427 e. The summed E-state index contributed by atoms with van der Waals surface area (Å²) in [6.45, 7) is 10.3. The fourth-order valence-corrected chi connectivity index (χ4v) is 2.17. The number of hydrogen-bond donors (Lipinski definition) is 0. The van der Waals surface area contributed by atoms with Crippen LogP contribution in [0.3, 0.4) is 0 Å². The second kappa shape index (κ2) is 13.9. The molecule has 188 valence electrons. The van der Waals surface area contributed by atoms with Gasteiger partial charge in [0.2, 0.25) is 0 Å². The number of hydrogen-bond acceptors (Lipinski definition) is 10. The number of ether oxygens (including phenoxy) is 2. The van der Waals surface area contributed by atoms with E-state index in [0.29, 0.717) is 11.1 Å². The zero-order valence-electron chi connectivity index (χ0n) is 21.0. The maximum atomic E-state index is 11.2. The molecule has 0 atom stereocenters. The first-order valence-electron chi connectivity index (χ1n) is 10.7. The first kappa shape index (κ1) is 29.3. The van der Waals surface area contributed by atoms with E-state index >= 15 is 0 Å². The van der Waals surface area contributed by atoms with Gasteiger partial charge in [-0.05, 0) is 41.5 Å². The first-order valence-corrected chi connectivity index (χ1v) is 10.7. The van der Waals surface area contributed by atoms with Crippen LogP contribution in [0.2, 0.25) is 0 Å². The van der Waals surface area contributed by atoms with E-state index < -0.39 is 23.5 Å². The van der Waals surface area contributed by atoms with E-state index in [1.54, 1.807) is 90.1 Å². The zero-order chi connectivity index (χ0) is 27.2. The van der Waals surface area contributed by atoms with Crippen molar-refractivity contribution in [3.05, 3.63) is 71.8 Å². The maximum Gasteiger partial charge on any atom is 0.535 e. The van der Waals surface area contributed by atoms with Crippen molar-refractivity contribution in [2.24, 2.45) is 10.3 Å². The van der Waals surface area contributed by atoms with Gasteiger partial charge in [0.05, 0.1) is 0 Å². The Hall–Kier alpha value is -4.70. The van der Waals surface area contributed by atoms with Gasteiger partial charge in [-0.2, -0.15) is 10.5 Å². The van der Waals surface area contributed by atoms with Gasteiger partial charge in [0.15, 0.2) is 11.4 Å². The fourth-order valence-electron chi connectivity index (χ4n) is 2.17. The van der Waals surface area contributed by atoms with E-state index in [1.165, 1.54) is 0 Å². The van der Waals surface area contributed by atoms with Crippen molar-refractivity contribution in [1.82, 2.24) is 0 Å². The Bertz CT molecular complexity index is 1060. The van der Waals surface area contributed by atoms with Gasteiger partial charge in [-0.15, -0.1) is 0 Å². The molecule has 0 heterocycles. The third-order valence-corrected chi connectivity index (χ3v) is 3.51.